The number of carbonyl (C=O) groups excluding carboxylic acids is 2. The summed E-state index contributed by atoms with van der Waals surface area (Å²) in [5.41, 5.74) is 1.73. The predicted molar refractivity (Wildman–Crippen MR) is 113 cm³/mol. The summed E-state index contributed by atoms with van der Waals surface area (Å²) in [5, 5.41) is 5.18. The van der Waals surface area contributed by atoms with Gasteiger partial charge in [-0.1, -0.05) is 11.6 Å². The number of benzene rings is 1. The Labute approximate surface area is 181 Å². The minimum absolute atomic E-state index is 0.0509. The molecule has 30 heavy (non-hydrogen) atoms. The summed E-state index contributed by atoms with van der Waals surface area (Å²) in [6, 6.07) is 8.69. The van der Waals surface area contributed by atoms with Crippen LogP contribution >= 0.6 is 22.9 Å². The van der Waals surface area contributed by atoms with Crippen LogP contribution in [0.15, 0.2) is 41.9 Å². The molecule has 0 bridgehead atoms. The molecule has 0 aliphatic rings. The van der Waals surface area contributed by atoms with Crippen molar-refractivity contribution < 1.29 is 23.8 Å². The third-order valence-corrected chi connectivity index (χ3v) is 5.15. The molecule has 0 spiro atoms. The van der Waals surface area contributed by atoms with E-state index in [2.05, 4.69) is 15.3 Å². The van der Waals surface area contributed by atoms with Crippen molar-refractivity contribution in [3.05, 3.63) is 52.8 Å². The fraction of sp³-hybridized carbons (Fsp3) is 0.200. The van der Waals surface area contributed by atoms with E-state index in [1.807, 2.05) is 12.1 Å². The van der Waals surface area contributed by atoms with Crippen LogP contribution in [0.1, 0.15) is 5.69 Å². The van der Waals surface area contributed by atoms with Crippen LogP contribution in [0.25, 0.3) is 10.6 Å². The number of anilines is 1. The first-order valence-corrected chi connectivity index (χ1v) is 9.98. The van der Waals surface area contributed by atoms with E-state index in [0.717, 1.165) is 10.6 Å². The number of methoxy groups -OCH3 is 2. The van der Waals surface area contributed by atoms with Gasteiger partial charge < -0.3 is 19.5 Å². The van der Waals surface area contributed by atoms with Gasteiger partial charge in [-0.15, -0.1) is 11.3 Å². The van der Waals surface area contributed by atoms with Crippen molar-refractivity contribution in [3.63, 3.8) is 0 Å². The Morgan fingerprint density at radius 3 is 2.70 bits per heavy atom. The maximum Gasteiger partial charge on any atom is 0.312 e. The van der Waals surface area contributed by atoms with Gasteiger partial charge in [0.2, 0.25) is 0 Å². The maximum atomic E-state index is 12.1. The number of hydrogen-bond acceptors (Lipinski definition) is 8. The van der Waals surface area contributed by atoms with E-state index >= 15 is 0 Å². The predicted octanol–water partition coefficient (Wildman–Crippen LogP) is 3.60. The van der Waals surface area contributed by atoms with E-state index in [1.54, 1.807) is 37.8 Å². The summed E-state index contributed by atoms with van der Waals surface area (Å²) in [4.78, 5) is 32.3. The average Bonchev–Trinajstić information content (AvgIpc) is 3.21. The Hall–Kier alpha value is -3.17. The summed E-state index contributed by atoms with van der Waals surface area (Å²) in [6.45, 7) is -0.434. The van der Waals surface area contributed by atoms with Crippen LogP contribution in [-0.4, -0.2) is 42.7 Å². The lowest BCUT2D eigenvalue weighted by Gasteiger charge is -2.08. The highest BCUT2D eigenvalue weighted by Crippen LogP contribution is 2.33. The number of thiazole rings is 1. The highest BCUT2D eigenvalue weighted by atomic mass is 35.5. The van der Waals surface area contributed by atoms with Gasteiger partial charge in [-0.2, -0.15) is 0 Å². The number of carbonyl (C=O) groups is 2. The molecule has 2 heterocycles. The number of aromatic nitrogens is 2. The normalized spacial score (nSPS) is 10.4. The van der Waals surface area contributed by atoms with Gasteiger partial charge in [0, 0.05) is 17.1 Å². The molecule has 8 nitrogen and oxygen atoms in total. The molecule has 0 atom stereocenters. The summed E-state index contributed by atoms with van der Waals surface area (Å²) < 4.78 is 15.5. The zero-order chi connectivity index (χ0) is 21.5. The number of amides is 1. The van der Waals surface area contributed by atoms with Gasteiger partial charge in [-0.25, -0.2) is 9.97 Å². The highest BCUT2D eigenvalue weighted by Gasteiger charge is 2.14. The molecular formula is C20H18ClN3O5S. The second-order valence-corrected chi connectivity index (χ2v) is 7.16. The van der Waals surface area contributed by atoms with Gasteiger partial charge in [-0.05, 0) is 30.3 Å². The van der Waals surface area contributed by atoms with E-state index < -0.39 is 18.5 Å². The van der Waals surface area contributed by atoms with Crippen LogP contribution in [0.5, 0.6) is 11.5 Å². The Kier molecular flexibility index (Phi) is 7.21. The fourth-order valence-corrected chi connectivity index (χ4v) is 3.48. The van der Waals surface area contributed by atoms with Gasteiger partial charge in [0.25, 0.3) is 5.91 Å². The number of rotatable bonds is 8. The molecule has 0 aliphatic heterocycles. The van der Waals surface area contributed by atoms with Crippen LogP contribution in [-0.2, 0) is 20.7 Å². The van der Waals surface area contributed by atoms with Crippen molar-refractivity contribution in [1.82, 2.24) is 9.97 Å². The summed E-state index contributed by atoms with van der Waals surface area (Å²) in [7, 11) is 3.12. The lowest BCUT2D eigenvalue weighted by molar-refractivity contribution is -0.146. The molecule has 3 aromatic rings. The Bertz CT molecular complexity index is 1060. The first-order valence-electron chi connectivity index (χ1n) is 8.73. The molecule has 1 aromatic carbocycles. The molecule has 0 radical (unpaired) electrons. The smallest absolute Gasteiger partial charge is 0.312 e. The van der Waals surface area contributed by atoms with E-state index in [9.17, 15) is 9.59 Å². The SMILES string of the molecule is COc1ccc(-c2nc(CC(=O)OCC(=O)Nc3cccnc3Cl)cs2)cc1OC. The molecular weight excluding hydrogens is 430 g/mol. The number of nitrogens with zero attached hydrogens (tertiary/aromatic N) is 2. The van der Waals surface area contributed by atoms with Gasteiger partial charge >= 0.3 is 5.97 Å². The number of hydrogen-bond donors (Lipinski definition) is 1. The van der Waals surface area contributed by atoms with Crippen molar-refractivity contribution >= 4 is 40.5 Å². The summed E-state index contributed by atoms with van der Waals surface area (Å²) in [6.07, 6.45) is 1.45. The zero-order valence-corrected chi connectivity index (χ0v) is 17.7. The molecule has 1 N–H and O–H groups in total. The number of nitrogens with one attached hydrogen (secondary N) is 1. The fourth-order valence-electron chi connectivity index (χ4n) is 2.50. The van der Waals surface area contributed by atoms with Crippen molar-refractivity contribution in [2.45, 2.75) is 6.42 Å². The molecule has 10 heteroatoms. The molecule has 0 saturated carbocycles. The molecule has 0 saturated heterocycles. The third-order valence-electron chi connectivity index (χ3n) is 3.91. The van der Waals surface area contributed by atoms with Gasteiger partial charge in [0.05, 0.1) is 32.0 Å². The van der Waals surface area contributed by atoms with Crippen LogP contribution in [0.2, 0.25) is 5.15 Å². The Balaban J connectivity index is 1.55. The summed E-state index contributed by atoms with van der Waals surface area (Å²) >= 11 is 7.26. The topological polar surface area (TPSA) is 99.6 Å². The molecule has 0 aliphatic carbocycles. The van der Waals surface area contributed by atoms with Crippen LogP contribution in [0.4, 0.5) is 5.69 Å². The molecule has 3 rings (SSSR count). The quantitative estimate of drug-likeness (QED) is 0.416. The van der Waals surface area contributed by atoms with Crippen molar-refractivity contribution in [2.24, 2.45) is 0 Å². The number of halogens is 1. The van der Waals surface area contributed by atoms with Gasteiger partial charge in [0.15, 0.2) is 23.3 Å². The standard InChI is InChI=1S/C20H18ClN3O5S/c1-27-15-6-5-12(8-16(15)28-2)20-23-13(11-30-20)9-18(26)29-10-17(25)24-14-4-3-7-22-19(14)21/h3-8,11H,9-10H2,1-2H3,(H,24,25). The number of pyridine rings is 1. The average molecular weight is 448 g/mol. The van der Waals surface area contributed by atoms with Gasteiger partial charge in [-0.3, -0.25) is 9.59 Å². The first kappa shape index (κ1) is 21.5. The van der Waals surface area contributed by atoms with Crippen LogP contribution in [0.3, 0.4) is 0 Å². The zero-order valence-electron chi connectivity index (χ0n) is 16.2. The van der Waals surface area contributed by atoms with E-state index in [0.29, 0.717) is 22.9 Å². The molecule has 1 amide bonds. The minimum atomic E-state index is -0.563. The number of ether oxygens (including phenoxy) is 3. The van der Waals surface area contributed by atoms with Crippen molar-refractivity contribution in [2.75, 3.05) is 26.1 Å². The Morgan fingerprint density at radius 2 is 1.97 bits per heavy atom. The number of esters is 1. The van der Waals surface area contributed by atoms with Crippen LogP contribution < -0.4 is 14.8 Å². The Morgan fingerprint density at radius 1 is 1.17 bits per heavy atom. The highest BCUT2D eigenvalue weighted by molar-refractivity contribution is 7.13. The lowest BCUT2D eigenvalue weighted by Crippen LogP contribution is -2.22. The molecule has 0 fully saturated rings. The first-order chi connectivity index (χ1) is 14.5. The van der Waals surface area contributed by atoms with Gasteiger partial charge in [0.1, 0.15) is 5.01 Å². The van der Waals surface area contributed by atoms with Crippen molar-refractivity contribution in [1.29, 1.82) is 0 Å². The molecule has 156 valence electrons. The largest absolute Gasteiger partial charge is 0.493 e. The minimum Gasteiger partial charge on any atom is -0.493 e. The molecule has 0 unspecified atom stereocenters. The van der Waals surface area contributed by atoms with Crippen molar-refractivity contribution in [3.8, 4) is 22.1 Å². The van der Waals surface area contributed by atoms with E-state index in [4.69, 9.17) is 25.8 Å². The monoisotopic (exact) mass is 447 g/mol. The van der Waals surface area contributed by atoms with E-state index in [1.165, 1.54) is 17.5 Å². The molecule has 2 aromatic heterocycles. The maximum absolute atomic E-state index is 12.1. The lowest BCUT2D eigenvalue weighted by atomic mass is 10.2. The summed E-state index contributed by atoms with van der Waals surface area (Å²) in [5.74, 6) is 0.132. The second-order valence-electron chi connectivity index (χ2n) is 5.94. The van der Waals surface area contributed by atoms with Crippen LogP contribution in [0, 0.1) is 0 Å². The van der Waals surface area contributed by atoms with E-state index in [-0.39, 0.29) is 11.6 Å². The third kappa shape index (κ3) is 5.46. The second kappa shape index (κ2) is 10.0.